The molecule has 2 rings (SSSR count). The molecule has 1 fully saturated rings. The van der Waals surface area contributed by atoms with E-state index in [1.165, 1.54) is 18.4 Å². The van der Waals surface area contributed by atoms with E-state index in [-0.39, 0.29) is 0 Å². The molecule has 1 nitrogen and oxygen atoms in total. The Kier molecular flexibility index (Phi) is 4.04. The monoisotopic (exact) mass is 223 g/mol. The fraction of sp³-hybridized carbons (Fsp3) is 0.538. The Balaban J connectivity index is 1.80. The molecule has 0 bridgehead atoms. The second kappa shape index (κ2) is 5.53. The van der Waals surface area contributed by atoms with Gasteiger partial charge in [0.25, 0.3) is 0 Å². The van der Waals surface area contributed by atoms with Crippen LogP contribution < -0.4 is 0 Å². The highest BCUT2D eigenvalue weighted by Crippen LogP contribution is 2.26. The highest BCUT2D eigenvalue weighted by atomic mass is 35.5. The lowest BCUT2D eigenvalue weighted by Gasteiger charge is -2.20. The maximum atomic E-state index is 5.81. The molecule has 0 spiro atoms. The van der Waals surface area contributed by atoms with Gasteiger partial charge < -0.3 is 0 Å². The number of hydrogen-bond acceptors (Lipinski definition) is 1. The standard InChI is InChI=1S/C13H18ClN/c14-9-11-15(13-6-7-13)10-8-12-4-2-1-3-5-12/h1-5,13H,6-11H2. The van der Waals surface area contributed by atoms with E-state index in [2.05, 4.69) is 35.2 Å². The second-order valence-corrected chi connectivity index (χ2v) is 4.57. The van der Waals surface area contributed by atoms with E-state index in [0.29, 0.717) is 0 Å². The molecule has 0 saturated heterocycles. The molecule has 0 atom stereocenters. The Morgan fingerprint density at radius 1 is 1.13 bits per heavy atom. The van der Waals surface area contributed by atoms with E-state index in [1.807, 2.05) is 0 Å². The maximum Gasteiger partial charge on any atom is 0.0351 e. The van der Waals surface area contributed by atoms with E-state index in [0.717, 1.165) is 31.4 Å². The van der Waals surface area contributed by atoms with Crippen LogP contribution >= 0.6 is 11.6 Å². The van der Waals surface area contributed by atoms with E-state index in [9.17, 15) is 0 Å². The number of alkyl halides is 1. The third-order valence-corrected chi connectivity index (χ3v) is 3.13. The van der Waals surface area contributed by atoms with Gasteiger partial charge in [-0.05, 0) is 24.8 Å². The average molecular weight is 224 g/mol. The Morgan fingerprint density at radius 3 is 2.47 bits per heavy atom. The highest BCUT2D eigenvalue weighted by Gasteiger charge is 2.27. The molecule has 0 unspecified atom stereocenters. The van der Waals surface area contributed by atoms with Crippen LogP contribution in [0.3, 0.4) is 0 Å². The van der Waals surface area contributed by atoms with Crippen LogP contribution in [-0.4, -0.2) is 29.9 Å². The van der Waals surface area contributed by atoms with Crippen molar-refractivity contribution < 1.29 is 0 Å². The number of rotatable bonds is 6. The molecular formula is C13H18ClN. The summed E-state index contributed by atoms with van der Waals surface area (Å²) in [7, 11) is 0. The first-order valence-corrected chi connectivity index (χ1v) is 6.27. The van der Waals surface area contributed by atoms with Gasteiger partial charge in [0.2, 0.25) is 0 Å². The minimum atomic E-state index is 0.755. The van der Waals surface area contributed by atoms with E-state index < -0.39 is 0 Å². The zero-order valence-electron chi connectivity index (χ0n) is 9.03. The minimum Gasteiger partial charge on any atom is -0.299 e. The molecule has 1 aliphatic carbocycles. The first kappa shape index (κ1) is 11.0. The molecule has 0 N–H and O–H groups in total. The van der Waals surface area contributed by atoms with Gasteiger partial charge in [-0.1, -0.05) is 30.3 Å². The summed E-state index contributed by atoms with van der Waals surface area (Å²) < 4.78 is 0. The van der Waals surface area contributed by atoms with Gasteiger partial charge in [-0.25, -0.2) is 0 Å². The largest absolute Gasteiger partial charge is 0.299 e. The van der Waals surface area contributed by atoms with Crippen molar-refractivity contribution in [3.8, 4) is 0 Å². The number of halogens is 1. The Labute approximate surface area is 97.0 Å². The van der Waals surface area contributed by atoms with Crippen molar-refractivity contribution in [2.45, 2.75) is 25.3 Å². The maximum absolute atomic E-state index is 5.81. The van der Waals surface area contributed by atoms with Crippen LogP contribution in [0.1, 0.15) is 18.4 Å². The highest BCUT2D eigenvalue weighted by molar-refractivity contribution is 6.18. The van der Waals surface area contributed by atoms with Gasteiger partial charge in [0.05, 0.1) is 0 Å². The van der Waals surface area contributed by atoms with E-state index >= 15 is 0 Å². The molecule has 0 radical (unpaired) electrons. The normalized spacial score (nSPS) is 15.9. The van der Waals surface area contributed by atoms with Crippen LogP contribution in [0.5, 0.6) is 0 Å². The first-order chi connectivity index (χ1) is 7.40. The fourth-order valence-corrected chi connectivity index (χ4v) is 2.16. The van der Waals surface area contributed by atoms with Gasteiger partial charge in [0.15, 0.2) is 0 Å². The van der Waals surface area contributed by atoms with Crippen LogP contribution in [-0.2, 0) is 6.42 Å². The Hall–Kier alpha value is -0.530. The summed E-state index contributed by atoms with van der Waals surface area (Å²) >= 11 is 5.81. The average Bonchev–Trinajstić information content (AvgIpc) is 3.09. The molecule has 0 aliphatic heterocycles. The zero-order chi connectivity index (χ0) is 10.5. The molecule has 0 heterocycles. The second-order valence-electron chi connectivity index (χ2n) is 4.19. The summed E-state index contributed by atoms with van der Waals surface area (Å²) in [6.45, 7) is 2.19. The quantitative estimate of drug-likeness (QED) is 0.671. The summed E-state index contributed by atoms with van der Waals surface area (Å²) in [5.41, 5.74) is 1.43. The van der Waals surface area contributed by atoms with Crippen LogP contribution in [0.15, 0.2) is 30.3 Å². The number of nitrogens with zero attached hydrogens (tertiary/aromatic N) is 1. The number of hydrogen-bond donors (Lipinski definition) is 0. The molecule has 2 heteroatoms. The summed E-state index contributed by atoms with van der Waals surface area (Å²) in [4.78, 5) is 2.53. The molecule has 1 saturated carbocycles. The SMILES string of the molecule is ClCCN(CCc1ccccc1)C1CC1. The molecule has 0 amide bonds. The lowest BCUT2D eigenvalue weighted by Crippen LogP contribution is -2.30. The Morgan fingerprint density at radius 2 is 1.87 bits per heavy atom. The molecule has 1 aliphatic rings. The first-order valence-electron chi connectivity index (χ1n) is 5.74. The smallest absolute Gasteiger partial charge is 0.0351 e. The minimum absolute atomic E-state index is 0.755. The van der Waals surface area contributed by atoms with Crippen molar-refractivity contribution in [1.82, 2.24) is 4.90 Å². The van der Waals surface area contributed by atoms with Gasteiger partial charge in [-0.2, -0.15) is 0 Å². The zero-order valence-corrected chi connectivity index (χ0v) is 9.79. The van der Waals surface area contributed by atoms with Gasteiger partial charge in [-0.3, -0.25) is 4.90 Å². The van der Waals surface area contributed by atoms with Crippen LogP contribution in [0, 0.1) is 0 Å². The van der Waals surface area contributed by atoms with Gasteiger partial charge >= 0.3 is 0 Å². The third-order valence-electron chi connectivity index (χ3n) is 2.97. The van der Waals surface area contributed by atoms with Gasteiger partial charge in [0.1, 0.15) is 0 Å². The van der Waals surface area contributed by atoms with Gasteiger partial charge in [-0.15, -0.1) is 11.6 Å². The molecule has 1 aromatic rings. The predicted molar refractivity (Wildman–Crippen MR) is 65.5 cm³/mol. The van der Waals surface area contributed by atoms with Gasteiger partial charge in [0, 0.05) is 25.0 Å². The van der Waals surface area contributed by atoms with E-state index in [1.54, 1.807) is 0 Å². The van der Waals surface area contributed by atoms with Crippen molar-refractivity contribution >= 4 is 11.6 Å². The lowest BCUT2D eigenvalue weighted by atomic mass is 10.1. The summed E-state index contributed by atoms with van der Waals surface area (Å²) in [6.07, 6.45) is 3.88. The van der Waals surface area contributed by atoms with Crippen LogP contribution in [0.4, 0.5) is 0 Å². The van der Waals surface area contributed by atoms with Crippen molar-refractivity contribution in [3.63, 3.8) is 0 Å². The fourth-order valence-electron chi connectivity index (χ4n) is 1.94. The molecule has 1 aromatic carbocycles. The summed E-state index contributed by atoms with van der Waals surface area (Å²) in [5.74, 6) is 0.755. The van der Waals surface area contributed by atoms with Crippen molar-refractivity contribution in [2.24, 2.45) is 0 Å². The molecule has 0 aromatic heterocycles. The van der Waals surface area contributed by atoms with Crippen molar-refractivity contribution in [3.05, 3.63) is 35.9 Å². The molecule has 15 heavy (non-hydrogen) atoms. The van der Waals surface area contributed by atoms with Crippen molar-refractivity contribution in [1.29, 1.82) is 0 Å². The third kappa shape index (κ3) is 3.51. The molecular weight excluding hydrogens is 206 g/mol. The van der Waals surface area contributed by atoms with Crippen molar-refractivity contribution in [2.75, 3.05) is 19.0 Å². The van der Waals surface area contributed by atoms with Crippen LogP contribution in [0.2, 0.25) is 0 Å². The summed E-state index contributed by atoms with van der Waals surface area (Å²) in [5, 5.41) is 0. The van der Waals surface area contributed by atoms with E-state index in [4.69, 9.17) is 11.6 Å². The summed E-state index contributed by atoms with van der Waals surface area (Å²) in [6, 6.07) is 11.5. The Bertz CT molecular complexity index is 282. The molecule has 82 valence electrons. The predicted octanol–water partition coefficient (Wildman–Crippen LogP) is 2.93. The number of benzene rings is 1. The topological polar surface area (TPSA) is 3.24 Å². The lowest BCUT2D eigenvalue weighted by molar-refractivity contribution is 0.283. The van der Waals surface area contributed by atoms with Crippen LogP contribution in [0.25, 0.3) is 0 Å².